The van der Waals surface area contributed by atoms with E-state index in [4.69, 9.17) is 30.5 Å². The summed E-state index contributed by atoms with van der Waals surface area (Å²) in [5.74, 6) is -4.50. The molecular formula is C15H19NO11P+. The molecule has 3 atom stereocenters. The molecule has 0 aliphatic carbocycles. The Bertz CT molecular complexity index is 768. The molecule has 0 aromatic heterocycles. The lowest BCUT2D eigenvalue weighted by atomic mass is 10.0. The molecule has 0 saturated carbocycles. The van der Waals surface area contributed by atoms with Crippen LogP contribution < -0.4 is 15.2 Å². The zero-order valence-electron chi connectivity index (χ0n) is 14.3. The van der Waals surface area contributed by atoms with Gasteiger partial charge in [-0.25, -0.2) is 9.59 Å². The molecule has 0 radical (unpaired) electrons. The Hall–Kier alpha value is -2.79. The third-order valence-electron chi connectivity index (χ3n) is 3.55. The van der Waals surface area contributed by atoms with Crippen LogP contribution in [0.4, 0.5) is 0 Å². The zero-order chi connectivity index (χ0) is 21.5. The van der Waals surface area contributed by atoms with E-state index in [0.29, 0.717) is 0 Å². The lowest BCUT2D eigenvalue weighted by molar-refractivity contribution is -0.140. The fraction of sp³-hybridized carbons (Fsp3) is 0.400. The first-order valence-electron chi connectivity index (χ1n) is 7.68. The number of rotatable bonds is 12. The van der Waals surface area contributed by atoms with E-state index >= 15 is 0 Å². The first kappa shape index (κ1) is 23.2. The molecule has 28 heavy (non-hydrogen) atoms. The van der Waals surface area contributed by atoms with Gasteiger partial charge in [-0.1, -0.05) is 0 Å². The van der Waals surface area contributed by atoms with Crippen LogP contribution in [0.15, 0.2) is 18.2 Å². The van der Waals surface area contributed by atoms with E-state index in [9.17, 15) is 28.9 Å². The molecule has 7 N–H and O–H groups in total. The summed E-state index contributed by atoms with van der Waals surface area (Å²) in [6.45, 7) is -1.60. The van der Waals surface area contributed by atoms with Crippen molar-refractivity contribution in [2.24, 2.45) is 5.73 Å². The molecule has 2 unspecified atom stereocenters. The number of nitrogens with two attached hydrogens (primary N) is 1. The summed E-state index contributed by atoms with van der Waals surface area (Å²) < 4.78 is 21.7. The van der Waals surface area contributed by atoms with Crippen molar-refractivity contribution in [2.75, 3.05) is 13.2 Å². The predicted octanol–water partition coefficient (Wildman–Crippen LogP) is -0.315. The SMILES string of the molecule is N[C@@H](CCC(O)(c1ccc(OCC(=O)O)c(OCC(=O)O)c1)[P+](=O)O)C(=O)O. The van der Waals surface area contributed by atoms with E-state index in [1.165, 1.54) is 0 Å². The second-order valence-electron chi connectivity index (χ2n) is 5.60. The molecule has 154 valence electrons. The van der Waals surface area contributed by atoms with Crippen molar-refractivity contribution in [3.8, 4) is 11.5 Å². The summed E-state index contributed by atoms with van der Waals surface area (Å²) in [5, 5.41) is 34.4. The summed E-state index contributed by atoms with van der Waals surface area (Å²) >= 11 is 0. The van der Waals surface area contributed by atoms with Crippen LogP contribution in [-0.4, -0.2) is 62.5 Å². The quantitative estimate of drug-likeness (QED) is 0.240. The summed E-state index contributed by atoms with van der Waals surface area (Å²) in [4.78, 5) is 41.7. The zero-order valence-corrected chi connectivity index (χ0v) is 15.2. The molecule has 0 fully saturated rings. The third kappa shape index (κ3) is 6.43. The van der Waals surface area contributed by atoms with Gasteiger partial charge in [-0.2, -0.15) is 4.89 Å². The van der Waals surface area contributed by atoms with E-state index in [2.05, 4.69) is 0 Å². The number of carbonyl (C=O) groups is 3. The minimum atomic E-state index is -3.28. The minimum absolute atomic E-state index is 0.176. The Morgan fingerprint density at radius 1 is 1.07 bits per heavy atom. The molecule has 0 saturated heterocycles. The minimum Gasteiger partial charge on any atom is -0.480 e. The molecule has 1 aromatic rings. The number of benzene rings is 1. The van der Waals surface area contributed by atoms with Crippen LogP contribution in [0.2, 0.25) is 0 Å². The smallest absolute Gasteiger partial charge is 0.480 e. The summed E-state index contributed by atoms with van der Waals surface area (Å²) in [5.41, 5.74) is 5.15. The van der Waals surface area contributed by atoms with Crippen LogP contribution in [0.25, 0.3) is 0 Å². The maximum absolute atomic E-state index is 11.7. The standard InChI is InChI=1S/C15H18NO11P/c16-9(14(21)22)3-4-15(23,28(24)25)8-1-2-10(26-6-12(17)18)11(5-8)27-7-13(19)20/h1-2,5,9,23H,3-4,6-7,16H2,(H3-,17,18,19,20,21,22,24,25)/p+1/t9-,15?/m0/s1. The normalized spacial score (nSPS) is 14.5. The van der Waals surface area contributed by atoms with Gasteiger partial charge < -0.3 is 35.6 Å². The molecule has 0 heterocycles. The number of aliphatic hydroxyl groups is 1. The highest BCUT2D eigenvalue weighted by atomic mass is 31.1. The van der Waals surface area contributed by atoms with Crippen LogP contribution in [0.3, 0.4) is 0 Å². The highest BCUT2D eigenvalue weighted by molar-refractivity contribution is 7.39. The molecule has 12 nitrogen and oxygen atoms in total. The number of aliphatic carboxylic acids is 3. The third-order valence-corrected chi connectivity index (χ3v) is 4.66. The van der Waals surface area contributed by atoms with Crippen molar-refractivity contribution >= 4 is 25.9 Å². The number of carboxylic acid groups (broad SMARTS) is 3. The van der Waals surface area contributed by atoms with Gasteiger partial charge in [-0.3, -0.25) is 4.79 Å². The molecule has 0 aliphatic rings. The fourth-order valence-electron chi connectivity index (χ4n) is 2.10. The largest absolute Gasteiger partial charge is 0.546 e. The second kappa shape index (κ2) is 9.95. The Morgan fingerprint density at radius 3 is 2.07 bits per heavy atom. The topological polar surface area (TPSA) is 214 Å². The van der Waals surface area contributed by atoms with Crippen molar-refractivity contribution in [1.82, 2.24) is 0 Å². The maximum atomic E-state index is 11.7. The average molecular weight is 420 g/mol. The first-order chi connectivity index (χ1) is 13.0. The summed E-state index contributed by atoms with van der Waals surface area (Å²) in [6, 6.07) is 1.88. The van der Waals surface area contributed by atoms with Crippen LogP contribution in [0.5, 0.6) is 11.5 Å². The summed E-state index contributed by atoms with van der Waals surface area (Å²) in [7, 11) is -3.28. The van der Waals surface area contributed by atoms with Crippen molar-refractivity contribution in [1.29, 1.82) is 0 Å². The van der Waals surface area contributed by atoms with Gasteiger partial charge >= 0.3 is 31.3 Å². The maximum Gasteiger partial charge on any atom is 0.546 e. The van der Waals surface area contributed by atoms with Crippen LogP contribution in [0.1, 0.15) is 18.4 Å². The van der Waals surface area contributed by atoms with Gasteiger partial charge in [0, 0.05) is 12.0 Å². The molecule has 0 aliphatic heterocycles. The molecule has 1 rings (SSSR count). The Labute approximate surface area is 159 Å². The van der Waals surface area contributed by atoms with Gasteiger partial charge in [-0.15, -0.1) is 0 Å². The van der Waals surface area contributed by atoms with Gasteiger partial charge in [0.2, 0.25) is 0 Å². The van der Waals surface area contributed by atoms with Gasteiger partial charge in [0.05, 0.1) is 0 Å². The molecule has 13 heteroatoms. The lowest BCUT2D eigenvalue weighted by Crippen LogP contribution is -2.33. The summed E-state index contributed by atoms with van der Waals surface area (Å²) in [6.07, 6.45) is -0.837. The van der Waals surface area contributed by atoms with Crippen molar-refractivity contribution in [3.63, 3.8) is 0 Å². The highest BCUT2D eigenvalue weighted by Gasteiger charge is 2.50. The molecular weight excluding hydrogens is 401 g/mol. The predicted molar refractivity (Wildman–Crippen MR) is 91.3 cm³/mol. The molecule has 0 spiro atoms. The molecule has 0 amide bonds. The van der Waals surface area contributed by atoms with Gasteiger partial charge in [0.25, 0.3) is 0 Å². The fourth-order valence-corrected chi connectivity index (χ4v) is 2.78. The van der Waals surface area contributed by atoms with E-state index in [1.807, 2.05) is 0 Å². The number of ether oxygens (including phenoxy) is 2. The number of hydrogen-bond acceptors (Lipinski definition) is 8. The van der Waals surface area contributed by atoms with Crippen LogP contribution >= 0.6 is 8.03 Å². The van der Waals surface area contributed by atoms with E-state index in [-0.39, 0.29) is 23.5 Å². The molecule has 1 aromatic carbocycles. The van der Waals surface area contributed by atoms with Crippen LogP contribution in [-0.2, 0) is 24.3 Å². The lowest BCUT2D eigenvalue weighted by Gasteiger charge is -2.19. The van der Waals surface area contributed by atoms with Gasteiger partial charge in [-0.05, 0) is 29.2 Å². The Morgan fingerprint density at radius 2 is 1.61 bits per heavy atom. The van der Waals surface area contributed by atoms with Crippen molar-refractivity contribution < 1.29 is 53.7 Å². The Kier molecular flexibility index (Phi) is 8.26. The Balaban J connectivity index is 3.24. The molecule has 0 bridgehead atoms. The van der Waals surface area contributed by atoms with Gasteiger partial charge in [0.1, 0.15) is 6.04 Å². The van der Waals surface area contributed by atoms with E-state index in [0.717, 1.165) is 18.2 Å². The first-order valence-corrected chi connectivity index (χ1v) is 8.89. The highest BCUT2D eigenvalue weighted by Crippen LogP contribution is 2.47. The average Bonchev–Trinajstić information content (AvgIpc) is 2.62. The number of hydrogen-bond donors (Lipinski definition) is 6. The van der Waals surface area contributed by atoms with E-state index in [1.54, 1.807) is 0 Å². The van der Waals surface area contributed by atoms with Crippen molar-refractivity contribution in [2.45, 2.75) is 24.2 Å². The van der Waals surface area contributed by atoms with Crippen LogP contribution in [0, 0.1) is 0 Å². The monoisotopic (exact) mass is 420 g/mol. The van der Waals surface area contributed by atoms with Gasteiger partial charge in [0.15, 0.2) is 24.7 Å². The number of carboxylic acids is 3. The van der Waals surface area contributed by atoms with E-state index < -0.39 is 57.0 Å². The van der Waals surface area contributed by atoms with Crippen molar-refractivity contribution in [3.05, 3.63) is 23.8 Å². The second-order valence-corrected chi connectivity index (χ2v) is 6.89.